The van der Waals surface area contributed by atoms with E-state index in [-0.39, 0.29) is 17.9 Å². The minimum atomic E-state index is -0.119. The number of pyridine rings is 1. The van der Waals surface area contributed by atoms with Gasteiger partial charge in [0.05, 0.1) is 12.1 Å². The molecule has 2 aromatic rings. The molecule has 0 bridgehead atoms. The summed E-state index contributed by atoms with van der Waals surface area (Å²) in [4.78, 5) is 23.6. The molecule has 0 saturated heterocycles. The SMILES string of the molecule is COCCNC(=O)Cn1ccc(=O)c2ccc(Br)cc21. The number of halogens is 1. The first-order valence-corrected chi connectivity index (χ1v) is 6.95. The molecular weight excluding hydrogens is 324 g/mol. The summed E-state index contributed by atoms with van der Waals surface area (Å²) in [6.45, 7) is 1.11. The first-order chi connectivity index (χ1) is 9.61. The number of hydrogen-bond acceptors (Lipinski definition) is 3. The van der Waals surface area contributed by atoms with Crippen molar-refractivity contribution in [1.29, 1.82) is 0 Å². The van der Waals surface area contributed by atoms with Crippen molar-refractivity contribution in [3.05, 3.63) is 45.2 Å². The van der Waals surface area contributed by atoms with Crippen LogP contribution >= 0.6 is 15.9 Å². The van der Waals surface area contributed by atoms with Gasteiger partial charge in [0.15, 0.2) is 5.43 Å². The fourth-order valence-corrected chi connectivity index (χ4v) is 2.27. The van der Waals surface area contributed by atoms with Gasteiger partial charge >= 0.3 is 0 Å². The van der Waals surface area contributed by atoms with E-state index >= 15 is 0 Å². The number of carbonyl (C=O) groups is 1. The largest absolute Gasteiger partial charge is 0.383 e. The Morgan fingerprint density at radius 3 is 2.95 bits per heavy atom. The lowest BCUT2D eigenvalue weighted by molar-refractivity contribution is -0.121. The van der Waals surface area contributed by atoms with Crippen molar-refractivity contribution in [2.75, 3.05) is 20.3 Å². The van der Waals surface area contributed by atoms with Crippen molar-refractivity contribution >= 4 is 32.7 Å². The Labute approximate surface area is 124 Å². The maximum atomic E-state index is 11.8. The van der Waals surface area contributed by atoms with Crippen LogP contribution in [0.4, 0.5) is 0 Å². The Balaban J connectivity index is 2.26. The first-order valence-electron chi connectivity index (χ1n) is 6.16. The summed E-state index contributed by atoms with van der Waals surface area (Å²) in [7, 11) is 1.58. The lowest BCUT2D eigenvalue weighted by Crippen LogP contribution is -2.30. The van der Waals surface area contributed by atoms with Gasteiger partial charge in [-0.2, -0.15) is 0 Å². The van der Waals surface area contributed by atoms with Gasteiger partial charge in [0, 0.05) is 35.8 Å². The number of nitrogens with zero attached hydrogens (tertiary/aromatic N) is 1. The Hall–Kier alpha value is -1.66. The summed E-state index contributed by atoms with van der Waals surface area (Å²) in [5, 5.41) is 3.35. The zero-order valence-corrected chi connectivity index (χ0v) is 12.6. The van der Waals surface area contributed by atoms with Crippen molar-refractivity contribution in [3.8, 4) is 0 Å². The molecule has 1 heterocycles. The fraction of sp³-hybridized carbons (Fsp3) is 0.286. The highest BCUT2D eigenvalue weighted by Crippen LogP contribution is 2.17. The molecule has 0 aliphatic rings. The number of hydrogen-bond donors (Lipinski definition) is 1. The van der Waals surface area contributed by atoms with Crippen LogP contribution in [-0.2, 0) is 16.1 Å². The standard InChI is InChI=1S/C14H15BrN2O3/c1-20-7-5-16-14(19)9-17-6-4-13(18)11-3-2-10(15)8-12(11)17/h2-4,6,8H,5,7,9H2,1H3,(H,16,19). The van der Waals surface area contributed by atoms with Gasteiger partial charge in [-0.15, -0.1) is 0 Å². The second-order valence-corrected chi connectivity index (χ2v) is 5.23. The molecule has 0 aliphatic carbocycles. The van der Waals surface area contributed by atoms with E-state index < -0.39 is 0 Å². The van der Waals surface area contributed by atoms with Crippen molar-refractivity contribution in [2.45, 2.75) is 6.54 Å². The van der Waals surface area contributed by atoms with E-state index in [0.717, 1.165) is 9.99 Å². The molecule has 0 atom stereocenters. The lowest BCUT2D eigenvalue weighted by atomic mass is 10.2. The van der Waals surface area contributed by atoms with Crippen molar-refractivity contribution < 1.29 is 9.53 Å². The Bertz CT molecular complexity index is 682. The monoisotopic (exact) mass is 338 g/mol. The second kappa shape index (κ2) is 6.67. The predicted molar refractivity (Wildman–Crippen MR) is 80.8 cm³/mol. The zero-order chi connectivity index (χ0) is 14.5. The normalized spacial score (nSPS) is 10.7. The molecule has 0 saturated carbocycles. The molecule has 1 N–H and O–H groups in total. The second-order valence-electron chi connectivity index (χ2n) is 4.31. The van der Waals surface area contributed by atoms with E-state index in [1.807, 2.05) is 12.1 Å². The summed E-state index contributed by atoms with van der Waals surface area (Å²) in [6.07, 6.45) is 1.63. The predicted octanol–water partition coefficient (Wildman–Crippen LogP) is 1.53. The van der Waals surface area contributed by atoms with Crippen LogP contribution in [-0.4, -0.2) is 30.7 Å². The average Bonchev–Trinajstić information content (AvgIpc) is 2.42. The third-order valence-corrected chi connectivity index (χ3v) is 3.38. The number of nitrogens with one attached hydrogen (secondary N) is 1. The van der Waals surface area contributed by atoms with Gasteiger partial charge in [-0.25, -0.2) is 0 Å². The smallest absolute Gasteiger partial charge is 0.240 e. The highest BCUT2D eigenvalue weighted by Gasteiger charge is 2.07. The number of amides is 1. The number of benzene rings is 1. The van der Waals surface area contributed by atoms with E-state index in [0.29, 0.717) is 18.5 Å². The van der Waals surface area contributed by atoms with Gasteiger partial charge < -0.3 is 14.6 Å². The van der Waals surface area contributed by atoms with Crippen LogP contribution in [0.5, 0.6) is 0 Å². The van der Waals surface area contributed by atoms with Crippen LogP contribution in [0, 0.1) is 0 Å². The van der Waals surface area contributed by atoms with Gasteiger partial charge in [-0.3, -0.25) is 9.59 Å². The van der Waals surface area contributed by atoms with E-state index in [1.165, 1.54) is 6.07 Å². The van der Waals surface area contributed by atoms with E-state index in [1.54, 1.807) is 23.9 Å². The van der Waals surface area contributed by atoms with Crippen molar-refractivity contribution in [2.24, 2.45) is 0 Å². The molecule has 20 heavy (non-hydrogen) atoms. The highest BCUT2D eigenvalue weighted by atomic mass is 79.9. The number of ether oxygens (including phenoxy) is 1. The fourth-order valence-electron chi connectivity index (χ4n) is 1.92. The molecule has 0 aliphatic heterocycles. The summed E-state index contributed by atoms with van der Waals surface area (Å²) < 4.78 is 7.49. The number of aromatic nitrogens is 1. The molecule has 6 heteroatoms. The van der Waals surface area contributed by atoms with Crippen LogP contribution in [0.1, 0.15) is 0 Å². The van der Waals surface area contributed by atoms with Crippen LogP contribution in [0.2, 0.25) is 0 Å². The van der Waals surface area contributed by atoms with Gasteiger partial charge in [-0.1, -0.05) is 15.9 Å². The molecule has 2 rings (SSSR count). The van der Waals surface area contributed by atoms with Gasteiger partial charge in [0.2, 0.25) is 5.91 Å². The van der Waals surface area contributed by atoms with Crippen LogP contribution in [0.15, 0.2) is 39.7 Å². The third kappa shape index (κ3) is 3.46. The molecule has 0 radical (unpaired) electrons. The molecule has 5 nitrogen and oxygen atoms in total. The molecule has 1 aromatic carbocycles. The van der Waals surface area contributed by atoms with Crippen molar-refractivity contribution in [3.63, 3.8) is 0 Å². The summed E-state index contributed by atoms with van der Waals surface area (Å²) >= 11 is 3.38. The topological polar surface area (TPSA) is 60.3 Å². The van der Waals surface area contributed by atoms with Crippen LogP contribution < -0.4 is 10.7 Å². The maximum Gasteiger partial charge on any atom is 0.240 e. The molecule has 0 unspecified atom stereocenters. The lowest BCUT2D eigenvalue weighted by Gasteiger charge is -2.11. The zero-order valence-electron chi connectivity index (χ0n) is 11.1. The first kappa shape index (κ1) is 14.7. The van der Waals surface area contributed by atoms with Gasteiger partial charge in [0.25, 0.3) is 0 Å². The maximum absolute atomic E-state index is 11.8. The number of carbonyl (C=O) groups excluding carboxylic acids is 1. The molecule has 0 fully saturated rings. The Morgan fingerprint density at radius 2 is 2.20 bits per heavy atom. The molecule has 0 spiro atoms. The summed E-state index contributed by atoms with van der Waals surface area (Å²) in [6, 6.07) is 6.87. The van der Waals surface area contributed by atoms with E-state index in [9.17, 15) is 9.59 Å². The minimum Gasteiger partial charge on any atom is -0.383 e. The van der Waals surface area contributed by atoms with Gasteiger partial charge in [0.1, 0.15) is 6.54 Å². The third-order valence-electron chi connectivity index (χ3n) is 2.88. The average molecular weight is 339 g/mol. The quantitative estimate of drug-likeness (QED) is 0.841. The minimum absolute atomic E-state index is 0.0523. The number of methoxy groups -OCH3 is 1. The molecule has 1 amide bonds. The van der Waals surface area contributed by atoms with Crippen LogP contribution in [0.3, 0.4) is 0 Å². The van der Waals surface area contributed by atoms with Gasteiger partial charge in [-0.05, 0) is 18.2 Å². The molecule has 106 valence electrons. The Kier molecular flexibility index (Phi) is 4.92. The van der Waals surface area contributed by atoms with E-state index in [2.05, 4.69) is 21.2 Å². The Morgan fingerprint density at radius 1 is 1.40 bits per heavy atom. The molecular formula is C14H15BrN2O3. The highest BCUT2D eigenvalue weighted by molar-refractivity contribution is 9.10. The molecule has 1 aromatic heterocycles. The number of rotatable bonds is 5. The summed E-state index contributed by atoms with van der Waals surface area (Å²) in [5.41, 5.74) is 0.678. The number of fused-ring (bicyclic) bond motifs is 1. The van der Waals surface area contributed by atoms with Crippen molar-refractivity contribution in [1.82, 2.24) is 9.88 Å². The summed E-state index contributed by atoms with van der Waals surface area (Å²) in [5.74, 6) is -0.119. The van der Waals surface area contributed by atoms with Crippen LogP contribution in [0.25, 0.3) is 10.9 Å². The van der Waals surface area contributed by atoms with E-state index in [4.69, 9.17) is 4.74 Å².